The van der Waals surface area contributed by atoms with Crippen molar-refractivity contribution in [3.05, 3.63) is 0 Å². The number of sulfone groups is 1. The summed E-state index contributed by atoms with van der Waals surface area (Å²) in [6.45, 7) is 3.96. The van der Waals surface area contributed by atoms with E-state index < -0.39 is 9.84 Å². The summed E-state index contributed by atoms with van der Waals surface area (Å²) >= 11 is 0. The van der Waals surface area contributed by atoms with E-state index in [1.165, 1.54) is 0 Å². The molecule has 0 saturated carbocycles. The van der Waals surface area contributed by atoms with Crippen molar-refractivity contribution in [3.8, 4) is 0 Å². The summed E-state index contributed by atoms with van der Waals surface area (Å²) in [5.41, 5.74) is 5.40. The minimum atomic E-state index is -2.99. The van der Waals surface area contributed by atoms with Crippen LogP contribution in [0.5, 0.6) is 0 Å². The van der Waals surface area contributed by atoms with Gasteiger partial charge in [0.05, 0.1) is 12.4 Å². The highest BCUT2D eigenvalue weighted by Crippen LogP contribution is 1.98. The first-order valence-electron chi connectivity index (χ1n) is 6.33. The monoisotopic (exact) mass is 295 g/mol. The Morgan fingerprint density at radius 1 is 1.32 bits per heavy atom. The Hall–Kier alpha value is -0.860. The van der Waals surface area contributed by atoms with Crippen molar-refractivity contribution < 1.29 is 18.4 Å². The molecule has 0 aliphatic carbocycles. The molecule has 0 spiro atoms. The molecule has 0 saturated heterocycles. The second-order valence-electron chi connectivity index (χ2n) is 4.33. The molecule has 3 N–H and O–H groups in total. The van der Waals surface area contributed by atoms with Crippen LogP contribution in [0.1, 0.15) is 19.8 Å². The number of nitrogens with zero attached hydrogens (tertiary/aromatic N) is 2. The Balaban J connectivity index is 4.26. The lowest BCUT2D eigenvalue weighted by molar-refractivity contribution is 0.152. The maximum absolute atomic E-state index is 11.7. The van der Waals surface area contributed by atoms with Crippen molar-refractivity contribution >= 4 is 15.7 Å². The summed E-state index contributed by atoms with van der Waals surface area (Å²) in [6, 6.07) is 0. The first kappa shape index (κ1) is 18.1. The molecule has 0 aliphatic heterocycles. The molecule has 0 rings (SSSR count). The Morgan fingerprint density at radius 2 is 2.00 bits per heavy atom. The van der Waals surface area contributed by atoms with E-state index in [-0.39, 0.29) is 17.3 Å². The topological polar surface area (TPSA) is 105 Å². The fraction of sp³-hybridized carbons (Fsp3) is 0.909. The Morgan fingerprint density at radius 3 is 2.53 bits per heavy atom. The number of amidine groups is 1. The summed E-state index contributed by atoms with van der Waals surface area (Å²) < 4.78 is 28.3. The van der Waals surface area contributed by atoms with E-state index >= 15 is 0 Å². The molecule has 19 heavy (non-hydrogen) atoms. The fourth-order valence-corrected chi connectivity index (χ4v) is 2.92. The lowest BCUT2D eigenvalue weighted by atomic mass is 10.3. The van der Waals surface area contributed by atoms with E-state index in [2.05, 4.69) is 5.16 Å². The molecule has 7 nitrogen and oxygen atoms in total. The largest absolute Gasteiger partial charge is 0.409 e. The van der Waals surface area contributed by atoms with E-state index in [0.29, 0.717) is 39.1 Å². The van der Waals surface area contributed by atoms with Gasteiger partial charge in [-0.25, -0.2) is 8.42 Å². The van der Waals surface area contributed by atoms with Gasteiger partial charge in [-0.15, -0.1) is 0 Å². The molecule has 0 atom stereocenters. The highest BCUT2D eigenvalue weighted by Gasteiger charge is 2.13. The first-order chi connectivity index (χ1) is 8.95. The fourth-order valence-electron chi connectivity index (χ4n) is 1.56. The van der Waals surface area contributed by atoms with Gasteiger partial charge in [-0.05, 0) is 6.42 Å². The lowest BCUT2D eigenvalue weighted by Gasteiger charge is -2.21. The van der Waals surface area contributed by atoms with Gasteiger partial charge in [0.1, 0.15) is 5.84 Å². The number of rotatable bonds is 11. The summed E-state index contributed by atoms with van der Waals surface area (Å²) in [6.07, 6.45) is 1.03. The van der Waals surface area contributed by atoms with Crippen molar-refractivity contribution in [1.29, 1.82) is 0 Å². The average Bonchev–Trinajstić information content (AvgIpc) is 2.37. The quantitative estimate of drug-likeness (QED) is 0.239. The molecule has 0 heterocycles. The van der Waals surface area contributed by atoms with Crippen molar-refractivity contribution in [2.24, 2.45) is 10.9 Å². The number of hydrogen-bond donors (Lipinski definition) is 2. The van der Waals surface area contributed by atoms with Gasteiger partial charge in [-0.2, -0.15) is 0 Å². The van der Waals surface area contributed by atoms with Crippen molar-refractivity contribution in [2.45, 2.75) is 19.8 Å². The van der Waals surface area contributed by atoms with E-state index in [0.717, 1.165) is 0 Å². The number of nitrogens with two attached hydrogens (primary N) is 1. The molecule has 0 radical (unpaired) electrons. The molecule has 0 aromatic heterocycles. The normalized spacial score (nSPS) is 13.1. The van der Waals surface area contributed by atoms with E-state index in [4.69, 9.17) is 15.7 Å². The van der Waals surface area contributed by atoms with E-state index in [1.54, 1.807) is 7.11 Å². The molecule has 0 fully saturated rings. The number of oxime groups is 1. The van der Waals surface area contributed by atoms with E-state index in [1.807, 2.05) is 11.8 Å². The zero-order valence-corrected chi connectivity index (χ0v) is 12.5. The van der Waals surface area contributed by atoms with Crippen LogP contribution in [0.3, 0.4) is 0 Å². The number of hydrogen-bond acceptors (Lipinski definition) is 6. The van der Waals surface area contributed by atoms with Crippen LogP contribution in [0.15, 0.2) is 5.16 Å². The van der Waals surface area contributed by atoms with Gasteiger partial charge in [0.25, 0.3) is 0 Å². The van der Waals surface area contributed by atoms with Crippen LogP contribution >= 0.6 is 0 Å². The highest BCUT2D eigenvalue weighted by atomic mass is 32.2. The highest BCUT2D eigenvalue weighted by molar-refractivity contribution is 7.91. The van der Waals surface area contributed by atoms with Gasteiger partial charge in [-0.1, -0.05) is 12.1 Å². The molecular formula is C11H25N3O4S. The first-order valence-corrected chi connectivity index (χ1v) is 8.15. The molecule has 0 aromatic rings. The van der Waals surface area contributed by atoms with Crippen LogP contribution in [0.4, 0.5) is 0 Å². The zero-order valence-electron chi connectivity index (χ0n) is 11.7. The third-order valence-corrected chi connectivity index (χ3v) is 4.49. The SMILES string of the molecule is CCCS(=O)(=O)CCN(CCOC)CCC(N)=NO. The second kappa shape index (κ2) is 9.99. The van der Waals surface area contributed by atoms with Crippen LogP contribution in [0.25, 0.3) is 0 Å². The van der Waals surface area contributed by atoms with Crippen LogP contribution in [0, 0.1) is 0 Å². The number of methoxy groups -OCH3 is 1. The Bertz CT molecular complexity index is 357. The van der Waals surface area contributed by atoms with Crippen LogP contribution < -0.4 is 5.73 Å². The molecule has 114 valence electrons. The maximum Gasteiger partial charge on any atom is 0.151 e. The maximum atomic E-state index is 11.7. The molecule has 0 aliphatic rings. The third-order valence-electron chi connectivity index (χ3n) is 2.66. The molecular weight excluding hydrogens is 270 g/mol. The second-order valence-corrected chi connectivity index (χ2v) is 6.63. The minimum absolute atomic E-state index is 0.126. The van der Waals surface area contributed by atoms with Crippen LogP contribution in [0.2, 0.25) is 0 Å². The average molecular weight is 295 g/mol. The van der Waals surface area contributed by atoms with Crippen molar-refractivity contribution in [2.75, 3.05) is 44.9 Å². The third kappa shape index (κ3) is 9.69. The summed E-state index contributed by atoms with van der Waals surface area (Å²) in [5, 5.41) is 11.4. The molecule has 0 unspecified atom stereocenters. The van der Waals surface area contributed by atoms with Crippen molar-refractivity contribution in [3.63, 3.8) is 0 Å². The lowest BCUT2D eigenvalue weighted by Crippen LogP contribution is -2.35. The molecule has 0 amide bonds. The standard InChI is InChI=1S/C11H25N3O4S/c1-3-9-19(16,17)10-7-14(6-8-18-2)5-4-11(12)13-15/h15H,3-10H2,1-2H3,(H2,12,13). The number of ether oxygens (including phenoxy) is 1. The zero-order chi connectivity index (χ0) is 14.7. The van der Waals surface area contributed by atoms with Gasteiger partial charge < -0.3 is 15.7 Å². The minimum Gasteiger partial charge on any atom is -0.409 e. The van der Waals surface area contributed by atoms with Crippen molar-refractivity contribution in [1.82, 2.24) is 4.90 Å². The molecule has 8 heteroatoms. The van der Waals surface area contributed by atoms with Gasteiger partial charge in [-0.3, -0.25) is 4.90 Å². The summed E-state index contributed by atoms with van der Waals surface area (Å²) in [7, 11) is -1.40. The summed E-state index contributed by atoms with van der Waals surface area (Å²) in [5.74, 6) is 0.477. The Labute approximate surface area is 115 Å². The summed E-state index contributed by atoms with van der Waals surface area (Å²) in [4.78, 5) is 1.94. The van der Waals surface area contributed by atoms with Gasteiger partial charge in [0.2, 0.25) is 0 Å². The van der Waals surface area contributed by atoms with Gasteiger partial charge in [0, 0.05) is 38.9 Å². The van der Waals surface area contributed by atoms with Gasteiger partial charge in [0.15, 0.2) is 9.84 Å². The predicted molar refractivity (Wildman–Crippen MR) is 75.3 cm³/mol. The van der Waals surface area contributed by atoms with Crippen LogP contribution in [-0.2, 0) is 14.6 Å². The molecule has 0 bridgehead atoms. The Kier molecular flexibility index (Phi) is 9.54. The molecule has 0 aromatic carbocycles. The smallest absolute Gasteiger partial charge is 0.151 e. The van der Waals surface area contributed by atoms with Gasteiger partial charge >= 0.3 is 0 Å². The van der Waals surface area contributed by atoms with Crippen LogP contribution in [-0.4, -0.2) is 69.2 Å². The van der Waals surface area contributed by atoms with E-state index in [9.17, 15) is 8.42 Å². The predicted octanol–water partition coefficient (Wildman–Crippen LogP) is -0.104.